The molecule has 126 valence electrons. The topological polar surface area (TPSA) is 77.0 Å². The Labute approximate surface area is 142 Å². The number of aromatic nitrogens is 1. The van der Waals surface area contributed by atoms with Gasteiger partial charge in [0.25, 0.3) is 0 Å². The molecule has 1 amide bonds. The van der Waals surface area contributed by atoms with Crippen molar-refractivity contribution < 1.29 is 13.9 Å². The van der Waals surface area contributed by atoms with E-state index in [2.05, 4.69) is 11.7 Å². The SMILES string of the molecule is C=NC[C@H]1CN(c2ccc(-n3c(=O)oc4ccccc43)cc2)C(=O)O1. The summed E-state index contributed by atoms with van der Waals surface area (Å²) in [7, 11) is 0. The number of hydrogen-bond acceptors (Lipinski definition) is 5. The molecule has 1 saturated heterocycles. The maximum absolute atomic E-state index is 12.1. The molecule has 2 heterocycles. The maximum atomic E-state index is 12.1. The van der Waals surface area contributed by atoms with Crippen LogP contribution in [0.1, 0.15) is 0 Å². The minimum absolute atomic E-state index is 0.287. The van der Waals surface area contributed by atoms with Crippen LogP contribution in [0.15, 0.2) is 62.7 Å². The largest absolute Gasteiger partial charge is 0.442 e. The molecule has 0 saturated carbocycles. The van der Waals surface area contributed by atoms with Crippen LogP contribution in [0.25, 0.3) is 16.8 Å². The Morgan fingerprint density at radius 2 is 1.80 bits per heavy atom. The fraction of sp³-hybridized carbons (Fsp3) is 0.167. The number of oxazole rings is 1. The number of benzene rings is 2. The molecule has 1 aromatic heterocycles. The highest BCUT2D eigenvalue weighted by molar-refractivity contribution is 5.90. The number of anilines is 1. The Morgan fingerprint density at radius 3 is 2.56 bits per heavy atom. The van der Waals surface area contributed by atoms with Gasteiger partial charge in [0.15, 0.2) is 5.58 Å². The third-order valence-electron chi connectivity index (χ3n) is 4.11. The van der Waals surface area contributed by atoms with E-state index < -0.39 is 11.8 Å². The molecular weight excluding hydrogens is 322 g/mol. The fourth-order valence-corrected chi connectivity index (χ4v) is 2.96. The Kier molecular flexibility index (Phi) is 3.61. The second-order valence-corrected chi connectivity index (χ2v) is 5.71. The zero-order valence-electron chi connectivity index (χ0n) is 13.3. The first kappa shape index (κ1) is 15.2. The van der Waals surface area contributed by atoms with E-state index in [-0.39, 0.29) is 6.10 Å². The van der Waals surface area contributed by atoms with E-state index in [1.165, 1.54) is 9.47 Å². The molecule has 1 atom stereocenters. The van der Waals surface area contributed by atoms with Crippen LogP contribution < -0.4 is 10.7 Å². The summed E-state index contributed by atoms with van der Waals surface area (Å²) in [6.45, 7) is 4.21. The normalized spacial score (nSPS) is 17.0. The highest BCUT2D eigenvalue weighted by Gasteiger charge is 2.31. The number of nitrogens with zero attached hydrogens (tertiary/aromatic N) is 3. The number of ether oxygens (including phenoxy) is 1. The quantitative estimate of drug-likeness (QED) is 0.686. The van der Waals surface area contributed by atoms with Gasteiger partial charge in [0.2, 0.25) is 0 Å². The summed E-state index contributed by atoms with van der Waals surface area (Å²) in [6, 6.07) is 14.3. The summed E-state index contributed by atoms with van der Waals surface area (Å²) in [4.78, 5) is 29.4. The minimum Gasteiger partial charge on any atom is -0.442 e. The zero-order chi connectivity index (χ0) is 17.4. The van der Waals surface area contributed by atoms with Gasteiger partial charge in [0.05, 0.1) is 24.3 Å². The molecular formula is C18H15N3O4. The molecule has 1 aliphatic heterocycles. The predicted molar refractivity (Wildman–Crippen MR) is 93.8 cm³/mol. The highest BCUT2D eigenvalue weighted by Crippen LogP contribution is 2.24. The van der Waals surface area contributed by atoms with Gasteiger partial charge in [-0.1, -0.05) is 12.1 Å². The Bertz CT molecular complexity index is 1000. The van der Waals surface area contributed by atoms with Crippen LogP contribution in [0.5, 0.6) is 0 Å². The number of carbonyl (C=O) groups excluding carboxylic acids is 1. The van der Waals surface area contributed by atoms with Crippen molar-refractivity contribution in [2.45, 2.75) is 6.10 Å². The predicted octanol–water partition coefficient (Wildman–Crippen LogP) is 2.61. The van der Waals surface area contributed by atoms with E-state index in [4.69, 9.17) is 9.15 Å². The van der Waals surface area contributed by atoms with E-state index in [0.717, 1.165) is 0 Å². The summed E-state index contributed by atoms with van der Waals surface area (Å²) in [6.07, 6.45) is -0.697. The molecule has 4 rings (SSSR count). The number of aliphatic imine (C=N–C) groups is 1. The average molecular weight is 337 g/mol. The van der Waals surface area contributed by atoms with Crippen LogP contribution in [0.4, 0.5) is 10.5 Å². The lowest BCUT2D eigenvalue weighted by atomic mass is 10.2. The summed E-state index contributed by atoms with van der Waals surface area (Å²) < 4.78 is 12.0. The number of carbonyl (C=O) groups is 1. The van der Waals surface area contributed by atoms with Gasteiger partial charge in [-0.05, 0) is 43.1 Å². The van der Waals surface area contributed by atoms with Crippen LogP contribution in [0, 0.1) is 0 Å². The smallest absolute Gasteiger partial charge is 0.424 e. The van der Waals surface area contributed by atoms with Crippen molar-refractivity contribution in [3.63, 3.8) is 0 Å². The molecule has 0 N–H and O–H groups in total. The van der Waals surface area contributed by atoms with Gasteiger partial charge >= 0.3 is 11.8 Å². The molecule has 0 unspecified atom stereocenters. The van der Waals surface area contributed by atoms with Crippen molar-refractivity contribution >= 4 is 29.6 Å². The molecule has 1 aliphatic rings. The second-order valence-electron chi connectivity index (χ2n) is 5.71. The van der Waals surface area contributed by atoms with E-state index in [9.17, 15) is 9.59 Å². The lowest BCUT2D eigenvalue weighted by Crippen LogP contribution is -2.25. The molecule has 0 radical (unpaired) electrons. The van der Waals surface area contributed by atoms with Crippen molar-refractivity contribution in [1.82, 2.24) is 4.57 Å². The van der Waals surface area contributed by atoms with Crippen LogP contribution >= 0.6 is 0 Å². The van der Waals surface area contributed by atoms with Gasteiger partial charge in [-0.3, -0.25) is 9.89 Å². The molecule has 25 heavy (non-hydrogen) atoms. The summed E-state index contributed by atoms with van der Waals surface area (Å²) in [5, 5.41) is 0. The highest BCUT2D eigenvalue weighted by atomic mass is 16.6. The average Bonchev–Trinajstić information content (AvgIpc) is 3.14. The third-order valence-corrected chi connectivity index (χ3v) is 4.11. The van der Waals surface area contributed by atoms with E-state index in [1.54, 1.807) is 30.3 Å². The van der Waals surface area contributed by atoms with Crippen LogP contribution in [0.3, 0.4) is 0 Å². The molecule has 2 aromatic carbocycles. The van der Waals surface area contributed by atoms with Crippen molar-refractivity contribution in [2.75, 3.05) is 18.0 Å². The number of hydrogen-bond donors (Lipinski definition) is 0. The molecule has 0 aliphatic carbocycles. The summed E-state index contributed by atoms with van der Waals surface area (Å²) in [5.74, 6) is -0.452. The van der Waals surface area contributed by atoms with Gasteiger partial charge in [-0.15, -0.1) is 0 Å². The van der Waals surface area contributed by atoms with Crippen LogP contribution in [0.2, 0.25) is 0 Å². The van der Waals surface area contributed by atoms with E-state index in [0.29, 0.717) is 35.6 Å². The Morgan fingerprint density at radius 1 is 1.08 bits per heavy atom. The maximum Gasteiger partial charge on any atom is 0.424 e. The first-order valence-electron chi connectivity index (χ1n) is 7.79. The zero-order valence-corrected chi connectivity index (χ0v) is 13.3. The van der Waals surface area contributed by atoms with E-state index >= 15 is 0 Å². The van der Waals surface area contributed by atoms with Gasteiger partial charge in [0, 0.05) is 5.69 Å². The summed E-state index contributed by atoms with van der Waals surface area (Å²) in [5.41, 5.74) is 2.58. The Hall–Kier alpha value is -3.35. The molecule has 7 heteroatoms. The van der Waals surface area contributed by atoms with Crippen molar-refractivity contribution in [2.24, 2.45) is 4.99 Å². The van der Waals surface area contributed by atoms with Crippen molar-refractivity contribution in [3.8, 4) is 5.69 Å². The van der Waals surface area contributed by atoms with E-state index in [1.807, 2.05) is 18.2 Å². The lowest BCUT2D eigenvalue weighted by molar-refractivity contribution is 0.145. The molecule has 0 bridgehead atoms. The second kappa shape index (κ2) is 5.94. The minimum atomic E-state index is -0.452. The first-order chi connectivity index (χ1) is 12.2. The molecule has 1 fully saturated rings. The van der Waals surface area contributed by atoms with Crippen molar-refractivity contribution in [3.05, 3.63) is 59.1 Å². The van der Waals surface area contributed by atoms with Gasteiger partial charge in [-0.2, -0.15) is 0 Å². The standard InChI is InChI=1S/C18H15N3O4/c1-19-10-14-11-20(17(22)24-14)12-6-8-13(9-7-12)21-15-4-2-3-5-16(15)25-18(21)23/h2-9,14H,1,10-11H2/t14-/m0/s1. The van der Waals surface area contributed by atoms with Gasteiger partial charge in [-0.25, -0.2) is 14.2 Å². The lowest BCUT2D eigenvalue weighted by Gasteiger charge is -2.13. The monoisotopic (exact) mass is 337 g/mol. The number of rotatable bonds is 4. The Balaban J connectivity index is 1.66. The van der Waals surface area contributed by atoms with Gasteiger partial charge in [0.1, 0.15) is 6.10 Å². The molecule has 3 aromatic rings. The number of para-hydroxylation sites is 2. The third kappa shape index (κ3) is 2.59. The summed E-state index contributed by atoms with van der Waals surface area (Å²) >= 11 is 0. The van der Waals surface area contributed by atoms with Crippen molar-refractivity contribution in [1.29, 1.82) is 0 Å². The number of fused-ring (bicyclic) bond motifs is 1. The molecule has 7 nitrogen and oxygen atoms in total. The van der Waals surface area contributed by atoms with Crippen LogP contribution in [-0.4, -0.2) is 36.6 Å². The van der Waals surface area contributed by atoms with Gasteiger partial charge < -0.3 is 9.15 Å². The molecule has 0 spiro atoms. The number of cyclic esters (lactones) is 1. The first-order valence-corrected chi connectivity index (χ1v) is 7.79. The number of amides is 1. The fourth-order valence-electron chi connectivity index (χ4n) is 2.96. The van der Waals surface area contributed by atoms with Crippen LogP contribution in [-0.2, 0) is 4.74 Å².